The largest absolute Gasteiger partial charge is 0.508 e. The van der Waals surface area contributed by atoms with Gasteiger partial charge in [0.15, 0.2) is 12.6 Å². The van der Waals surface area contributed by atoms with Gasteiger partial charge < -0.3 is 47.6 Å². The van der Waals surface area contributed by atoms with E-state index in [-0.39, 0.29) is 45.2 Å². The van der Waals surface area contributed by atoms with Crippen LogP contribution in [0.5, 0.6) is 0 Å². The highest BCUT2D eigenvalue weighted by molar-refractivity contribution is 5.69. The molecular weight excluding hydrogens is 839 g/mol. The van der Waals surface area contributed by atoms with Crippen LogP contribution < -0.4 is 0 Å². The van der Waals surface area contributed by atoms with Gasteiger partial charge in [-0.25, -0.2) is 4.79 Å². The minimum Gasteiger partial charge on any atom is -0.466 e. The van der Waals surface area contributed by atoms with Crippen LogP contribution in [0, 0.1) is 5.92 Å². The van der Waals surface area contributed by atoms with Crippen LogP contribution in [0.1, 0.15) is 234 Å². The van der Waals surface area contributed by atoms with Crippen molar-refractivity contribution in [3.63, 3.8) is 0 Å². The van der Waals surface area contributed by atoms with Crippen molar-refractivity contribution in [3.8, 4) is 0 Å². The lowest BCUT2D eigenvalue weighted by Gasteiger charge is -2.22. The molecule has 0 bridgehead atoms. The highest BCUT2D eigenvalue weighted by Gasteiger charge is 2.21. The van der Waals surface area contributed by atoms with Gasteiger partial charge in [0.1, 0.15) is 12.4 Å². The van der Waals surface area contributed by atoms with Crippen molar-refractivity contribution in [1.29, 1.82) is 0 Å². The monoisotopic (exact) mass is 944 g/mol. The van der Waals surface area contributed by atoms with Gasteiger partial charge in [-0.3, -0.25) is 4.79 Å². The summed E-state index contributed by atoms with van der Waals surface area (Å²) in [6, 6.07) is 0. The van der Waals surface area contributed by atoms with Gasteiger partial charge in [0.2, 0.25) is 0 Å². The summed E-state index contributed by atoms with van der Waals surface area (Å²) >= 11 is 0. The lowest BCUT2D eigenvalue weighted by molar-refractivity contribution is -0.160. The Bertz CT molecular complexity index is 996. The average Bonchev–Trinajstić information content (AvgIpc) is 3.32. The predicted molar refractivity (Wildman–Crippen MR) is 268 cm³/mol. The van der Waals surface area contributed by atoms with E-state index in [1.54, 1.807) is 0 Å². The van der Waals surface area contributed by atoms with Gasteiger partial charge in [-0.15, -0.1) is 0 Å². The minimum absolute atomic E-state index is 0.0746. The fourth-order valence-corrected chi connectivity index (χ4v) is 7.68. The van der Waals surface area contributed by atoms with E-state index in [2.05, 4.69) is 46.4 Å². The zero-order chi connectivity index (χ0) is 48.4. The maximum Gasteiger partial charge on any atom is 0.508 e. The maximum absolute atomic E-state index is 13.0. The Morgan fingerprint density at radius 1 is 0.470 bits per heavy atom. The molecule has 0 saturated heterocycles. The summed E-state index contributed by atoms with van der Waals surface area (Å²) in [5.41, 5.74) is 0. The molecule has 12 nitrogen and oxygen atoms in total. The molecule has 66 heavy (non-hydrogen) atoms. The summed E-state index contributed by atoms with van der Waals surface area (Å²) in [7, 11) is 0. The van der Waals surface area contributed by atoms with E-state index in [0.717, 1.165) is 77.3 Å². The molecule has 0 spiro atoms. The molecule has 392 valence electrons. The van der Waals surface area contributed by atoms with Crippen LogP contribution in [0.25, 0.3) is 0 Å². The Balaban J connectivity index is 5.26. The molecule has 0 amide bonds. The van der Waals surface area contributed by atoms with Crippen molar-refractivity contribution in [2.45, 2.75) is 253 Å². The number of aldehydes is 1. The molecule has 0 aromatic rings. The van der Waals surface area contributed by atoms with Gasteiger partial charge in [0.05, 0.1) is 32.8 Å². The van der Waals surface area contributed by atoms with Gasteiger partial charge in [-0.2, -0.15) is 0 Å². The number of carbonyl (C=O) groups excluding carboxylic acids is 3. The number of hydrogen-bond donors (Lipinski definition) is 0. The quantitative estimate of drug-likeness (QED) is 0.0249. The van der Waals surface area contributed by atoms with Crippen molar-refractivity contribution < 1.29 is 52.3 Å². The molecule has 0 aliphatic rings. The molecule has 2 unspecified atom stereocenters. The second-order valence-corrected chi connectivity index (χ2v) is 18.2. The number of ether oxygens (including phenoxy) is 8. The molecule has 0 aliphatic heterocycles. The van der Waals surface area contributed by atoms with E-state index >= 15 is 0 Å². The van der Waals surface area contributed by atoms with E-state index in [1.165, 1.54) is 103 Å². The van der Waals surface area contributed by atoms with E-state index in [0.29, 0.717) is 52.1 Å². The standard InChI is InChI=1S/C54H105NO11/c1-7-13-17-21-25-29-39-61-52(62-40-30-26-22-18-14-8-2)35-34-51(57)60-45-37-50(66-54(58)65-43-33-38-55(11-5)12-6)36-44-59-48-49(47-56)46-53(63-41-31-27-23-19-15-9-3)64-42-32-28-24-20-16-10-4/h47,49-50,52-53H,7-46,48H2,1-6H3. The SMILES string of the molecule is CCCCCCCCOC(CCC(=O)OCCC(CCOCC(C=O)CC(OCCCCCCCC)OCCCCCCCC)OC(=O)OCCCN(CC)CC)OCCCCCCCC. The molecule has 0 aromatic heterocycles. The Hall–Kier alpha value is -1.83. The number of carbonyl (C=O) groups is 3. The molecular formula is C54H105NO11. The van der Waals surface area contributed by atoms with Crippen molar-refractivity contribution in [1.82, 2.24) is 4.90 Å². The van der Waals surface area contributed by atoms with E-state index in [1.807, 2.05) is 0 Å². The van der Waals surface area contributed by atoms with E-state index < -0.39 is 30.8 Å². The Kier molecular flexibility index (Phi) is 49.6. The summed E-state index contributed by atoms with van der Waals surface area (Å²) in [6.45, 7) is 19.0. The molecule has 0 fully saturated rings. The van der Waals surface area contributed by atoms with Gasteiger partial charge in [0, 0.05) is 64.6 Å². The third-order valence-corrected chi connectivity index (χ3v) is 12.1. The van der Waals surface area contributed by atoms with Crippen molar-refractivity contribution in [2.75, 3.05) is 72.5 Å². The third kappa shape index (κ3) is 43.5. The first-order valence-corrected chi connectivity index (χ1v) is 27.6. The van der Waals surface area contributed by atoms with Crippen LogP contribution in [-0.2, 0) is 47.5 Å². The Labute approximate surface area is 405 Å². The van der Waals surface area contributed by atoms with E-state index in [9.17, 15) is 14.4 Å². The fraction of sp³-hybridized carbons (Fsp3) is 0.944. The van der Waals surface area contributed by atoms with Crippen LogP contribution >= 0.6 is 0 Å². The molecule has 12 heteroatoms. The highest BCUT2D eigenvalue weighted by Crippen LogP contribution is 2.17. The normalized spacial score (nSPS) is 12.6. The van der Waals surface area contributed by atoms with Gasteiger partial charge in [-0.05, 0) is 45.2 Å². The molecule has 0 aliphatic carbocycles. The average molecular weight is 944 g/mol. The van der Waals surface area contributed by atoms with Gasteiger partial charge in [0.25, 0.3) is 0 Å². The number of unbranched alkanes of at least 4 members (excludes halogenated alkanes) is 20. The van der Waals surface area contributed by atoms with Crippen molar-refractivity contribution >= 4 is 18.4 Å². The smallest absolute Gasteiger partial charge is 0.466 e. The van der Waals surface area contributed by atoms with Crippen LogP contribution in [-0.4, -0.2) is 114 Å². The second kappa shape index (κ2) is 51.0. The van der Waals surface area contributed by atoms with Crippen LogP contribution in [0.3, 0.4) is 0 Å². The summed E-state index contributed by atoms with van der Waals surface area (Å²) in [5, 5.41) is 0. The first-order valence-electron chi connectivity index (χ1n) is 27.6. The third-order valence-electron chi connectivity index (χ3n) is 12.1. The van der Waals surface area contributed by atoms with Crippen LogP contribution in [0.2, 0.25) is 0 Å². The molecule has 0 N–H and O–H groups in total. The first kappa shape index (κ1) is 64.2. The highest BCUT2D eigenvalue weighted by atomic mass is 16.7. The summed E-state index contributed by atoms with van der Waals surface area (Å²) in [5.74, 6) is -0.755. The fourth-order valence-electron chi connectivity index (χ4n) is 7.68. The predicted octanol–water partition coefficient (Wildman–Crippen LogP) is 13.7. The van der Waals surface area contributed by atoms with E-state index in [4.69, 9.17) is 37.9 Å². The topological polar surface area (TPSA) is 128 Å². The molecule has 0 radical (unpaired) electrons. The Morgan fingerprint density at radius 2 is 0.909 bits per heavy atom. The second-order valence-electron chi connectivity index (χ2n) is 18.2. The molecule has 2 atom stereocenters. The molecule has 0 saturated carbocycles. The number of rotatable bonds is 53. The summed E-state index contributed by atoms with van der Waals surface area (Å²) in [6.07, 6.45) is 29.2. The molecule has 0 rings (SSSR count). The number of hydrogen-bond acceptors (Lipinski definition) is 12. The zero-order valence-corrected chi connectivity index (χ0v) is 43.8. The van der Waals surface area contributed by atoms with Crippen molar-refractivity contribution in [3.05, 3.63) is 0 Å². The molecule has 0 aromatic carbocycles. The lowest BCUT2D eigenvalue weighted by atomic mass is 10.1. The van der Waals surface area contributed by atoms with Crippen molar-refractivity contribution in [2.24, 2.45) is 5.92 Å². The minimum atomic E-state index is -0.752. The number of nitrogens with zero attached hydrogens (tertiary/aromatic N) is 1. The number of esters is 1. The van der Waals surface area contributed by atoms with Gasteiger partial charge >= 0.3 is 12.1 Å². The maximum atomic E-state index is 13.0. The first-order chi connectivity index (χ1) is 32.4. The van der Waals surface area contributed by atoms with Gasteiger partial charge in [-0.1, -0.05) is 170 Å². The summed E-state index contributed by atoms with van der Waals surface area (Å²) in [4.78, 5) is 40.3. The lowest BCUT2D eigenvalue weighted by Crippen LogP contribution is -2.27. The summed E-state index contributed by atoms with van der Waals surface area (Å²) < 4.78 is 47.4. The van der Waals surface area contributed by atoms with Crippen LogP contribution in [0.4, 0.5) is 4.79 Å². The van der Waals surface area contributed by atoms with Crippen LogP contribution in [0.15, 0.2) is 0 Å². The Morgan fingerprint density at radius 3 is 1.36 bits per heavy atom. The zero-order valence-electron chi connectivity index (χ0n) is 43.8. The molecule has 0 heterocycles.